The third-order valence-electron chi connectivity index (χ3n) is 1.97. The molecule has 0 unspecified atom stereocenters. The fraction of sp³-hybridized carbons (Fsp3) is 0.273. The molecule has 92 valence electrons. The molecule has 0 aromatic heterocycles. The van der Waals surface area contributed by atoms with E-state index in [0.717, 1.165) is 0 Å². The minimum absolute atomic E-state index is 0.0576. The van der Waals surface area contributed by atoms with Gasteiger partial charge in [-0.25, -0.2) is 9.59 Å². The van der Waals surface area contributed by atoms with E-state index in [1.807, 2.05) is 0 Å². The van der Waals surface area contributed by atoms with E-state index in [0.29, 0.717) is 0 Å². The Morgan fingerprint density at radius 1 is 1.24 bits per heavy atom. The quantitative estimate of drug-likeness (QED) is 0.781. The first-order chi connectivity index (χ1) is 8.10. The van der Waals surface area contributed by atoms with Gasteiger partial charge in [-0.05, 0) is 12.1 Å². The number of hydrogen-bond acceptors (Lipinski definition) is 6. The van der Waals surface area contributed by atoms with Crippen molar-refractivity contribution in [3.63, 3.8) is 0 Å². The van der Waals surface area contributed by atoms with Crippen LogP contribution in [0.1, 0.15) is 10.4 Å². The summed E-state index contributed by atoms with van der Waals surface area (Å²) in [6.07, 6.45) is 0. The van der Waals surface area contributed by atoms with Crippen LogP contribution < -0.4 is 4.74 Å². The number of esters is 2. The largest absolute Gasteiger partial charge is 0.507 e. The van der Waals surface area contributed by atoms with Crippen LogP contribution in [-0.4, -0.2) is 37.9 Å². The third-order valence-corrected chi connectivity index (χ3v) is 1.97. The summed E-state index contributed by atoms with van der Waals surface area (Å²) in [6, 6.07) is 4.24. The van der Waals surface area contributed by atoms with Gasteiger partial charge in [0, 0.05) is 0 Å². The Hall–Kier alpha value is -2.24. The standard InChI is InChI=1S/C11H12O6/c1-15-9(13)6-17-8-5-3-4-7(12)10(8)11(14)16-2/h3-5,12H,6H2,1-2H3. The number of phenolic OH excluding ortho intramolecular Hbond substituents is 1. The highest BCUT2D eigenvalue weighted by Crippen LogP contribution is 2.28. The molecule has 0 aliphatic carbocycles. The van der Waals surface area contributed by atoms with Gasteiger partial charge in [0.25, 0.3) is 0 Å². The Balaban J connectivity index is 2.94. The van der Waals surface area contributed by atoms with Crippen molar-refractivity contribution in [2.24, 2.45) is 0 Å². The van der Waals surface area contributed by atoms with Crippen LogP contribution in [0.5, 0.6) is 11.5 Å². The lowest BCUT2D eigenvalue weighted by Crippen LogP contribution is -2.14. The Labute approximate surface area is 97.7 Å². The number of carbonyl (C=O) groups is 2. The third kappa shape index (κ3) is 3.10. The van der Waals surface area contributed by atoms with E-state index < -0.39 is 11.9 Å². The molecule has 1 aromatic carbocycles. The van der Waals surface area contributed by atoms with Crippen molar-refractivity contribution in [1.82, 2.24) is 0 Å². The van der Waals surface area contributed by atoms with E-state index >= 15 is 0 Å². The average molecular weight is 240 g/mol. The number of aromatic hydroxyl groups is 1. The second kappa shape index (κ2) is 5.74. The Morgan fingerprint density at radius 3 is 2.53 bits per heavy atom. The van der Waals surface area contributed by atoms with Crippen molar-refractivity contribution < 1.29 is 28.9 Å². The van der Waals surface area contributed by atoms with Crippen molar-refractivity contribution in [2.75, 3.05) is 20.8 Å². The van der Waals surface area contributed by atoms with Crippen LogP contribution in [0.3, 0.4) is 0 Å². The Bertz CT molecular complexity index is 426. The maximum absolute atomic E-state index is 11.4. The predicted octanol–water partition coefficient (Wildman–Crippen LogP) is 0.731. The highest BCUT2D eigenvalue weighted by molar-refractivity contribution is 5.95. The molecular formula is C11H12O6. The molecule has 0 atom stereocenters. The summed E-state index contributed by atoms with van der Waals surface area (Å²) in [6.45, 7) is -0.357. The van der Waals surface area contributed by atoms with Crippen molar-refractivity contribution in [1.29, 1.82) is 0 Å². The van der Waals surface area contributed by atoms with Gasteiger partial charge in [-0.2, -0.15) is 0 Å². The number of carbonyl (C=O) groups excluding carboxylic acids is 2. The number of ether oxygens (including phenoxy) is 3. The number of phenols is 1. The lowest BCUT2D eigenvalue weighted by atomic mass is 10.2. The van der Waals surface area contributed by atoms with Crippen LogP contribution in [0.2, 0.25) is 0 Å². The minimum Gasteiger partial charge on any atom is -0.507 e. The normalized spacial score (nSPS) is 9.53. The highest BCUT2D eigenvalue weighted by atomic mass is 16.6. The summed E-state index contributed by atoms with van der Waals surface area (Å²) in [7, 11) is 2.40. The van der Waals surface area contributed by atoms with Gasteiger partial charge in [0.05, 0.1) is 14.2 Å². The molecular weight excluding hydrogens is 228 g/mol. The lowest BCUT2D eigenvalue weighted by molar-refractivity contribution is -0.142. The molecule has 0 saturated heterocycles. The number of benzene rings is 1. The van der Waals surface area contributed by atoms with E-state index in [1.165, 1.54) is 32.4 Å². The Kier molecular flexibility index (Phi) is 4.33. The zero-order valence-corrected chi connectivity index (χ0v) is 9.43. The molecule has 17 heavy (non-hydrogen) atoms. The first-order valence-corrected chi connectivity index (χ1v) is 4.70. The first-order valence-electron chi connectivity index (χ1n) is 4.70. The van der Waals surface area contributed by atoms with E-state index in [-0.39, 0.29) is 23.7 Å². The molecule has 0 heterocycles. The average Bonchev–Trinajstić information content (AvgIpc) is 2.35. The summed E-state index contributed by atoms with van der Waals surface area (Å²) in [5.74, 6) is -1.56. The van der Waals surface area contributed by atoms with Gasteiger partial charge in [0.2, 0.25) is 0 Å². The second-order valence-corrected chi connectivity index (χ2v) is 3.01. The van der Waals surface area contributed by atoms with Crippen LogP contribution in [0.25, 0.3) is 0 Å². The van der Waals surface area contributed by atoms with Crippen molar-refractivity contribution in [3.8, 4) is 11.5 Å². The minimum atomic E-state index is -0.747. The zero-order chi connectivity index (χ0) is 12.8. The van der Waals surface area contributed by atoms with Gasteiger partial charge >= 0.3 is 11.9 Å². The highest BCUT2D eigenvalue weighted by Gasteiger charge is 2.18. The van der Waals surface area contributed by atoms with E-state index in [2.05, 4.69) is 9.47 Å². The first kappa shape index (κ1) is 12.8. The van der Waals surface area contributed by atoms with E-state index in [1.54, 1.807) is 0 Å². The van der Waals surface area contributed by atoms with Gasteiger partial charge < -0.3 is 19.3 Å². The van der Waals surface area contributed by atoms with Crippen LogP contribution in [-0.2, 0) is 14.3 Å². The maximum atomic E-state index is 11.4. The maximum Gasteiger partial charge on any atom is 0.345 e. The summed E-state index contributed by atoms with van der Waals surface area (Å²) in [5, 5.41) is 9.52. The molecule has 1 N–H and O–H groups in total. The zero-order valence-electron chi connectivity index (χ0n) is 9.43. The molecule has 0 bridgehead atoms. The molecule has 0 saturated carbocycles. The second-order valence-electron chi connectivity index (χ2n) is 3.01. The van der Waals surface area contributed by atoms with Gasteiger partial charge in [-0.15, -0.1) is 0 Å². The molecule has 0 aliphatic rings. The number of methoxy groups -OCH3 is 2. The molecule has 0 amide bonds. The van der Waals surface area contributed by atoms with Crippen molar-refractivity contribution in [2.45, 2.75) is 0 Å². The molecule has 0 radical (unpaired) electrons. The van der Waals surface area contributed by atoms with Gasteiger partial charge in [-0.1, -0.05) is 6.07 Å². The molecule has 0 aliphatic heterocycles. The van der Waals surface area contributed by atoms with Crippen LogP contribution in [0, 0.1) is 0 Å². The summed E-state index contributed by atoms with van der Waals surface area (Å²) < 4.78 is 13.9. The van der Waals surface area contributed by atoms with E-state index in [9.17, 15) is 14.7 Å². The molecule has 1 rings (SSSR count). The van der Waals surface area contributed by atoms with Crippen LogP contribution in [0.4, 0.5) is 0 Å². The van der Waals surface area contributed by atoms with Gasteiger partial charge in [0.1, 0.15) is 17.1 Å². The molecule has 0 fully saturated rings. The molecule has 6 nitrogen and oxygen atoms in total. The van der Waals surface area contributed by atoms with Crippen LogP contribution in [0.15, 0.2) is 18.2 Å². The predicted molar refractivity (Wildman–Crippen MR) is 57.0 cm³/mol. The van der Waals surface area contributed by atoms with Crippen molar-refractivity contribution >= 4 is 11.9 Å². The van der Waals surface area contributed by atoms with Gasteiger partial charge in [0.15, 0.2) is 6.61 Å². The van der Waals surface area contributed by atoms with Crippen LogP contribution >= 0.6 is 0 Å². The summed E-state index contributed by atoms with van der Waals surface area (Å²) in [5.41, 5.74) is -0.126. The van der Waals surface area contributed by atoms with Crippen molar-refractivity contribution in [3.05, 3.63) is 23.8 Å². The van der Waals surface area contributed by atoms with Gasteiger partial charge in [-0.3, -0.25) is 0 Å². The molecule has 0 spiro atoms. The Morgan fingerprint density at radius 2 is 1.94 bits per heavy atom. The SMILES string of the molecule is COC(=O)COc1cccc(O)c1C(=O)OC. The number of hydrogen-bond donors (Lipinski definition) is 1. The number of rotatable bonds is 4. The monoisotopic (exact) mass is 240 g/mol. The summed E-state index contributed by atoms with van der Waals surface area (Å²) >= 11 is 0. The summed E-state index contributed by atoms with van der Waals surface area (Å²) in [4.78, 5) is 22.3. The fourth-order valence-corrected chi connectivity index (χ4v) is 1.14. The molecule has 1 aromatic rings. The lowest BCUT2D eigenvalue weighted by Gasteiger charge is -2.10. The smallest absolute Gasteiger partial charge is 0.345 e. The van der Waals surface area contributed by atoms with E-state index in [4.69, 9.17) is 4.74 Å². The topological polar surface area (TPSA) is 82.1 Å². The fourth-order valence-electron chi connectivity index (χ4n) is 1.14. The molecule has 6 heteroatoms.